The first-order valence-electron chi connectivity index (χ1n) is 11.6. The number of aromatic nitrogens is 1. The highest BCUT2D eigenvalue weighted by molar-refractivity contribution is 9.10. The fourth-order valence-corrected chi connectivity index (χ4v) is 6.12. The summed E-state index contributed by atoms with van der Waals surface area (Å²) in [5.41, 5.74) is 2.80. The molecule has 0 unspecified atom stereocenters. The number of aliphatic hydroxyl groups is 1. The number of carbonyl (C=O) groups is 2. The third-order valence-corrected chi connectivity index (χ3v) is 8.14. The lowest BCUT2D eigenvalue weighted by Crippen LogP contribution is -2.29. The van der Waals surface area contributed by atoms with Crippen molar-refractivity contribution in [3.8, 4) is 11.5 Å². The number of thiazole rings is 1. The number of fused-ring (bicyclic) bond motifs is 2. The van der Waals surface area contributed by atoms with Crippen molar-refractivity contribution in [3.63, 3.8) is 0 Å². The van der Waals surface area contributed by atoms with Gasteiger partial charge in [-0.25, -0.2) is 4.98 Å². The van der Waals surface area contributed by atoms with Crippen LogP contribution >= 0.6 is 27.3 Å². The van der Waals surface area contributed by atoms with Gasteiger partial charge in [-0.1, -0.05) is 39.4 Å². The molecule has 6 rings (SSSR count). The molecule has 3 heterocycles. The van der Waals surface area contributed by atoms with Crippen molar-refractivity contribution in [2.24, 2.45) is 0 Å². The average molecular weight is 577 g/mol. The van der Waals surface area contributed by atoms with Crippen LogP contribution in [0.5, 0.6) is 11.5 Å². The average Bonchev–Trinajstić information content (AvgIpc) is 3.55. The lowest BCUT2D eigenvalue weighted by atomic mass is 9.94. The number of ether oxygens (including phenoxy) is 2. The molecule has 4 aromatic rings. The van der Waals surface area contributed by atoms with Gasteiger partial charge >= 0.3 is 5.91 Å². The van der Waals surface area contributed by atoms with E-state index >= 15 is 0 Å². The fourth-order valence-electron chi connectivity index (χ4n) is 4.84. The summed E-state index contributed by atoms with van der Waals surface area (Å²) in [5, 5.41) is 11.8. The van der Waals surface area contributed by atoms with Gasteiger partial charge in [0.15, 0.2) is 5.13 Å². The molecule has 9 heteroatoms. The van der Waals surface area contributed by atoms with Crippen LogP contribution in [0, 0.1) is 0 Å². The molecule has 1 aromatic heterocycles. The highest BCUT2D eigenvalue weighted by Crippen LogP contribution is 2.45. The number of methoxy groups -OCH3 is 1. The predicted molar refractivity (Wildman–Crippen MR) is 145 cm³/mol. The molecular weight excluding hydrogens is 556 g/mol. The quantitative estimate of drug-likeness (QED) is 0.181. The summed E-state index contributed by atoms with van der Waals surface area (Å²) in [6.45, 7) is 1.98. The second-order valence-corrected chi connectivity index (χ2v) is 10.9. The molecule has 0 bridgehead atoms. The number of anilines is 1. The highest BCUT2D eigenvalue weighted by atomic mass is 79.9. The minimum Gasteiger partial charge on any atom is -0.507 e. The molecule has 1 fully saturated rings. The van der Waals surface area contributed by atoms with E-state index in [0.717, 1.165) is 20.5 Å². The minimum atomic E-state index is -0.848. The molecule has 0 spiro atoms. The Morgan fingerprint density at radius 2 is 1.92 bits per heavy atom. The third-order valence-electron chi connectivity index (χ3n) is 6.59. The molecule has 1 N–H and O–H groups in total. The van der Waals surface area contributed by atoms with Crippen molar-refractivity contribution in [1.29, 1.82) is 0 Å². The molecular formula is C28H21BrN2O5S. The van der Waals surface area contributed by atoms with Crippen LogP contribution in [0.1, 0.15) is 29.7 Å². The number of amides is 1. The standard InChI is InChI=1S/C28H21BrN2O5S/c1-14-11-17-12-16(5-10-21(17)36-14)25(32)23-24(15-3-6-18(29)7-4-15)31(27(34)26(23)33)28-30-20-9-8-19(35-2)13-22(20)37-28/h3-10,12-14,24,32H,11H2,1-2H3/b25-23+/t14-,24-/m0/s1. The molecule has 3 aromatic carbocycles. The number of ketones is 1. The molecule has 0 radical (unpaired) electrons. The number of rotatable bonds is 4. The fraction of sp³-hybridized carbons (Fsp3) is 0.179. The van der Waals surface area contributed by atoms with Crippen molar-refractivity contribution in [2.45, 2.75) is 25.5 Å². The Bertz CT molecular complexity index is 1610. The van der Waals surface area contributed by atoms with Crippen LogP contribution in [0.2, 0.25) is 0 Å². The van der Waals surface area contributed by atoms with Gasteiger partial charge in [-0.3, -0.25) is 14.5 Å². The van der Waals surface area contributed by atoms with Crippen molar-refractivity contribution in [3.05, 3.63) is 87.4 Å². The van der Waals surface area contributed by atoms with E-state index in [2.05, 4.69) is 20.9 Å². The van der Waals surface area contributed by atoms with Crippen LogP contribution in [-0.4, -0.2) is 35.0 Å². The maximum absolute atomic E-state index is 13.5. The first kappa shape index (κ1) is 23.7. The van der Waals surface area contributed by atoms with Gasteiger partial charge in [-0.05, 0) is 66.6 Å². The van der Waals surface area contributed by atoms with Crippen molar-refractivity contribution in [1.82, 2.24) is 4.98 Å². The van der Waals surface area contributed by atoms with Crippen LogP contribution < -0.4 is 14.4 Å². The summed E-state index contributed by atoms with van der Waals surface area (Å²) >= 11 is 4.74. The van der Waals surface area contributed by atoms with Gasteiger partial charge in [-0.2, -0.15) is 0 Å². The lowest BCUT2D eigenvalue weighted by molar-refractivity contribution is -0.132. The number of benzene rings is 3. The summed E-state index contributed by atoms with van der Waals surface area (Å²) in [6.07, 6.45) is 0.745. The Morgan fingerprint density at radius 3 is 2.68 bits per heavy atom. The minimum absolute atomic E-state index is 0.0241. The van der Waals surface area contributed by atoms with E-state index in [-0.39, 0.29) is 17.4 Å². The van der Waals surface area contributed by atoms with E-state index in [4.69, 9.17) is 9.47 Å². The number of carbonyl (C=O) groups excluding carboxylic acids is 2. The Hall–Kier alpha value is -3.69. The van der Waals surface area contributed by atoms with Crippen molar-refractivity contribution < 1.29 is 24.2 Å². The van der Waals surface area contributed by atoms with E-state index in [1.807, 2.05) is 49.4 Å². The van der Waals surface area contributed by atoms with Crippen molar-refractivity contribution >= 4 is 60.1 Å². The monoisotopic (exact) mass is 576 g/mol. The molecule has 7 nitrogen and oxygen atoms in total. The van der Waals surface area contributed by atoms with Gasteiger partial charge in [0.25, 0.3) is 5.78 Å². The van der Waals surface area contributed by atoms with E-state index in [1.165, 1.54) is 16.2 Å². The zero-order chi connectivity index (χ0) is 25.8. The van der Waals surface area contributed by atoms with Crippen LogP contribution in [0.3, 0.4) is 0 Å². The molecule has 2 aliphatic heterocycles. The molecule has 37 heavy (non-hydrogen) atoms. The normalized spacial score (nSPS) is 20.4. The molecule has 1 saturated heterocycles. The second kappa shape index (κ2) is 9.00. The SMILES string of the molecule is COc1ccc2nc(N3C(=O)C(=O)/C(=C(/O)c4ccc5c(c4)C[C@H](C)O5)[C@@H]3c3ccc(Br)cc3)sc2c1. The van der Waals surface area contributed by atoms with Gasteiger partial charge in [0.05, 0.1) is 28.9 Å². The number of hydrogen-bond donors (Lipinski definition) is 1. The zero-order valence-electron chi connectivity index (χ0n) is 19.9. The number of Topliss-reactive ketones (excluding diaryl/α,β-unsaturated/α-hetero) is 1. The first-order valence-corrected chi connectivity index (χ1v) is 13.3. The van der Waals surface area contributed by atoms with Gasteiger partial charge < -0.3 is 14.6 Å². The van der Waals surface area contributed by atoms with E-state index < -0.39 is 17.7 Å². The van der Waals surface area contributed by atoms with Crippen LogP contribution in [-0.2, 0) is 16.0 Å². The molecule has 0 saturated carbocycles. The predicted octanol–water partition coefficient (Wildman–Crippen LogP) is 6.02. The summed E-state index contributed by atoms with van der Waals surface area (Å²) in [7, 11) is 1.58. The van der Waals surface area contributed by atoms with Gasteiger partial charge in [0, 0.05) is 16.5 Å². The summed E-state index contributed by atoms with van der Waals surface area (Å²) < 4.78 is 12.8. The van der Waals surface area contributed by atoms with Gasteiger partial charge in [0.1, 0.15) is 23.4 Å². The third kappa shape index (κ3) is 3.98. The van der Waals surface area contributed by atoms with Crippen LogP contribution in [0.15, 0.2) is 70.7 Å². The number of nitrogens with zero attached hydrogens (tertiary/aromatic N) is 2. The van der Waals surface area contributed by atoms with E-state index in [1.54, 1.807) is 25.3 Å². The maximum atomic E-state index is 13.5. The number of hydrogen-bond acceptors (Lipinski definition) is 7. The summed E-state index contributed by atoms with van der Waals surface area (Å²) in [5.74, 6) is -0.284. The van der Waals surface area contributed by atoms with Gasteiger partial charge in [-0.15, -0.1) is 0 Å². The summed E-state index contributed by atoms with van der Waals surface area (Å²) in [6, 6.07) is 17.3. The van der Waals surface area contributed by atoms with Crippen LogP contribution in [0.4, 0.5) is 5.13 Å². The lowest BCUT2D eigenvalue weighted by Gasteiger charge is -2.23. The molecule has 1 amide bonds. The summed E-state index contributed by atoms with van der Waals surface area (Å²) in [4.78, 5) is 33.0. The maximum Gasteiger partial charge on any atom is 0.301 e. The largest absolute Gasteiger partial charge is 0.507 e. The zero-order valence-corrected chi connectivity index (χ0v) is 22.3. The topological polar surface area (TPSA) is 89.0 Å². The highest BCUT2D eigenvalue weighted by Gasteiger charge is 2.48. The van der Waals surface area contributed by atoms with Crippen LogP contribution in [0.25, 0.3) is 16.0 Å². The van der Waals surface area contributed by atoms with Crippen molar-refractivity contribution in [2.75, 3.05) is 12.0 Å². The first-order chi connectivity index (χ1) is 17.8. The molecule has 2 atom stereocenters. The van der Waals surface area contributed by atoms with E-state index in [9.17, 15) is 14.7 Å². The second-order valence-electron chi connectivity index (χ2n) is 9.01. The van der Waals surface area contributed by atoms with Gasteiger partial charge in [0.2, 0.25) is 0 Å². The Balaban J connectivity index is 1.52. The Morgan fingerprint density at radius 1 is 1.14 bits per heavy atom. The molecule has 0 aliphatic carbocycles. The Labute approximate surface area is 225 Å². The molecule has 186 valence electrons. The number of halogens is 1. The Kier molecular flexibility index (Phi) is 5.77. The van der Waals surface area contributed by atoms with E-state index in [0.29, 0.717) is 33.9 Å². The molecule has 2 aliphatic rings. The smallest absolute Gasteiger partial charge is 0.301 e. The number of aliphatic hydroxyl groups excluding tert-OH is 1.